The highest BCUT2D eigenvalue weighted by molar-refractivity contribution is 5.80. The van der Waals surface area contributed by atoms with Gasteiger partial charge in [-0.3, -0.25) is 4.79 Å². The number of amides is 1. The fourth-order valence-corrected chi connectivity index (χ4v) is 1.82. The molecule has 3 heteroatoms. The van der Waals surface area contributed by atoms with Gasteiger partial charge in [-0.2, -0.15) is 0 Å². The van der Waals surface area contributed by atoms with Crippen LogP contribution >= 0.6 is 0 Å². The van der Waals surface area contributed by atoms with Crippen molar-refractivity contribution in [1.29, 1.82) is 0 Å². The fraction of sp³-hybridized carbons (Fsp3) is 0.700. The quantitative estimate of drug-likeness (QED) is 0.592. The first-order valence-corrected chi connectivity index (χ1v) is 4.92. The van der Waals surface area contributed by atoms with Crippen LogP contribution in [0.4, 0.5) is 0 Å². The van der Waals surface area contributed by atoms with Crippen molar-refractivity contribution in [3.63, 3.8) is 0 Å². The summed E-state index contributed by atoms with van der Waals surface area (Å²) >= 11 is 0. The van der Waals surface area contributed by atoms with Crippen LogP contribution in [-0.4, -0.2) is 37.0 Å². The van der Waals surface area contributed by atoms with E-state index in [2.05, 4.69) is 18.3 Å². The molecule has 0 aromatic heterocycles. The highest BCUT2D eigenvalue weighted by atomic mass is 16.2. The third-order valence-electron chi connectivity index (χ3n) is 2.77. The molecule has 0 aromatic rings. The topological polar surface area (TPSA) is 32.3 Å². The van der Waals surface area contributed by atoms with Gasteiger partial charge >= 0.3 is 0 Å². The Hall–Kier alpha value is -0.830. The molecule has 1 fully saturated rings. The van der Waals surface area contributed by atoms with Gasteiger partial charge in [-0.25, -0.2) is 0 Å². The molecule has 3 nitrogen and oxygen atoms in total. The third kappa shape index (κ3) is 1.75. The standard InChI is InChI=1S/C10H16N2O/c1-8-3-2-4-12(7-8)10(13)9-5-11-6-9/h3,9,11H,2,4-7H2,1H3. The number of nitrogens with zero attached hydrogens (tertiary/aromatic N) is 1. The molecule has 1 amide bonds. The summed E-state index contributed by atoms with van der Waals surface area (Å²) in [5.74, 6) is 0.595. The predicted octanol–water partition coefficient (Wildman–Crippen LogP) is 0.384. The van der Waals surface area contributed by atoms with Crippen LogP contribution in [0.5, 0.6) is 0 Å². The number of carbonyl (C=O) groups excluding carboxylic acids is 1. The maximum absolute atomic E-state index is 11.8. The van der Waals surface area contributed by atoms with Crippen molar-refractivity contribution in [2.75, 3.05) is 26.2 Å². The van der Waals surface area contributed by atoms with E-state index >= 15 is 0 Å². The Morgan fingerprint density at radius 1 is 1.62 bits per heavy atom. The molecular formula is C10H16N2O. The van der Waals surface area contributed by atoms with Gasteiger partial charge in [0.15, 0.2) is 0 Å². The van der Waals surface area contributed by atoms with Gasteiger partial charge < -0.3 is 10.2 Å². The third-order valence-corrected chi connectivity index (χ3v) is 2.77. The molecule has 0 atom stereocenters. The fourth-order valence-electron chi connectivity index (χ4n) is 1.82. The Bertz CT molecular complexity index is 243. The molecule has 0 saturated carbocycles. The molecule has 2 aliphatic rings. The zero-order valence-corrected chi connectivity index (χ0v) is 8.05. The van der Waals surface area contributed by atoms with E-state index in [1.807, 2.05) is 4.90 Å². The van der Waals surface area contributed by atoms with Crippen LogP contribution < -0.4 is 5.32 Å². The second-order valence-corrected chi connectivity index (χ2v) is 3.95. The molecule has 0 aliphatic carbocycles. The normalized spacial score (nSPS) is 23.8. The Morgan fingerprint density at radius 3 is 2.92 bits per heavy atom. The lowest BCUT2D eigenvalue weighted by molar-refractivity contribution is -0.136. The van der Waals surface area contributed by atoms with E-state index in [1.54, 1.807) is 0 Å². The average molecular weight is 180 g/mol. The van der Waals surface area contributed by atoms with E-state index in [1.165, 1.54) is 5.57 Å². The second kappa shape index (κ2) is 3.50. The lowest BCUT2D eigenvalue weighted by Crippen LogP contribution is -2.52. The zero-order valence-electron chi connectivity index (χ0n) is 8.05. The number of hydrogen-bond acceptors (Lipinski definition) is 2. The van der Waals surface area contributed by atoms with Gasteiger partial charge in [0, 0.05) is 26.2 Å². The molecule has 13 heavy (non-hydrogen) atoms. The van der Waals surface area contributed by atoms with Gasteiger partial charge in [0.1, 0.15) is 0 Å². The summed E-state index contributed by atoms with van der Waals surface area (Å²) in [6.45, 7) is 5.59. The van der Waals surface area contributed by atoms with Crippen molar-refractivity contribution in [3.8, 4) is 0 Å². The van der Waals surface area contributed by atoms with Crippen LogP contribution in [0.3, 0.4) is 0 Å². The molecule has 1 N–H and O–H groups in total. The highest BCUT2D eigenvalue weighted by Gasteiger charge is 2.29. The largest absolute Gasteiger partial charge is 0.338 e. The molecule has 0 aromatic carbocycles. The minimum Gasteiger partial charge on any atom is -0.338 e. The van der Waals surface area contributed by atoms with Crippen LogP contribution in [0.1, 0.15) is 13.3 Å². The summed E-state index contributed by atoms with van der Waals surface area (Å²) in [6.07, 6.45) is 3.25. The lowest BCUT2D eigenvalue weighted by atomic mass is 10.0. The van der Waals surface area contributed by atoms with E-state index in [9.17, 15) is 4.79 Å². The minimum atomic E-state index is 0.255. The van der Waals surface area contributed by atoms with E-state index in [-0.39, 0.29) is 5.92 Å². The van der Waals surface area contributed by atoms with E-state index in [0.29, 0.717) is 5.91 Å². The first-order valence-electron chi connectivity index (χ1n) is 4.92. The monoisotopic (exact) mass is 180 g/mol. The summed E-state index contributed by atoms with van der Waals surface area (Å²) in [4.78, 5) is 13.8. The summed E-state index contributed by atoms with van der Waals surface area (Å²) < 4.78 is 0. The Balaban J connectivity index is 1.93. The summed E-state index contributed by atoms with van der Waals surface area (Å²) in [6, 6.07) is 0. The molecular weight excluding hydrogens is 164 g/mol. The number of hydrogen-bond donors (Lipinski definition) is 1. The molecule has 0 radical (unpaired) electrons. The average Bonchev–Trinajstić information content (AvgIpc) is 2.01. The zero-order chi connectivity index (χ0) is 9.26. The van der Waals surface area contributed by atoms with E-state index < -0.39 is 0 Å². The van der Waals surface area contributed by atoms with Crippen LogP contribution in [-0.2, 0) is 4.79 Å². The van der Waals surface area contributed by atoms with Gasteiger partial charge in [-0.15, -0.1) is 0 Å². The SMILES string of the molecule is CC1=CCCN(C(=O)C2CNC2)C1. The molecule has 0 spiro atoms. The molecule has 2 aliphatic heterocycles. The molecule has 72 valence electrons. The van der Waals surface area contributed by atoms with Gasteiger partial charge in [0.05, 0.1) is 5.92 Å². The molecule has 0 unspecified atom stereocenters. The van der Waals surface area contributed by atoms with E-state index in [4.69, 9.17) is 0 Å². The van der Waals surface area contributed by atoms with Crippen molar-refractivity contribution < 1.29 is 4.79 Å². The molecule has 0 bridgehead atoms. The Morgan fingerprint density at radius 2 is 2.38 bits per heavy atom. The Labute approximate surface area is 78.8 Å². The van der Waals surface area contributed by atoms with Crippen molar-refractivity contribution in [3.05, 3.63) is 11.6 Å². The Kier molecular flexibility index (Phi) is 2.36. The van der Waals surface area contributed by atoms with Crippen LogP contribution in [0.15, 0.2) is 11.6 Å². The van der Waals surface area contributed by atoms with Crippen LogP contribution in [0.2, 0.25) is 0 Å². The van der Waals surface area contributed by atoms with Gasteiger partial charge in [0.25, 0.3) is 0 Å². The molecule has 2 heterocycles. The maximum atomic E-state index is 11.8. The van der Waals surface area contributed by atoms with E-state index in [0.717, 1.165) is 32.6 Å². The molecule has 2 rings (SSSR count). The summed E-state index contributed by atoms with van der Waals surface area (Å²) in [5.41, 5.74) is 1.33. The minimum absolute atomic E-state index is 0.255. The number of carbonyl (C=O) groups is 1. The number of nitrogens with one attached hydrogen (secondary N) is 1. The maximum Gasteiger partial charge on any atom is 0.228 e. The summed E-state index contributed by atoms with van der Waals surface area (Å²) in [5, 5.41) is 3.13. The lowest BCUT2D eigenvalue weighted by Gasteiger charge is -2.34. The van der Waals surface area contributed by atoms with Crippen molar-refractivity contribution >= 4 is 5.91 Å². The highest BCUT2D eigenvalue weighted by Crippen LogP contribution is 2.14. The van der Waals surface area contributed by atoms with Crippen LogP contribution in [0, 0.1) is 5.92 Å². The smallest absolute Gasteiger partial charge is 0.228 e. The van der Waals surface area contributed by atoms with Gasteiger partial charge in [-0.1, -0.05) is 11.6 Å². The van der Waals surface area contributed by atoms with Crippen molar-refractivity contribution in [1.82, 2.24) is 10.2 Å². The predicted molar refractivity (Wildman–Crippen MR) is 51.3 cm³/mol. The van der Waals surface area contributed by atoms with Crippen molar-refractivity contribution in [2.45, 2.75) is 13.3 Å². The van der Waals surface area contributed by atoms with Gasteiger partial charge in [0.2, 0.25) is 5.91 Å². The summed E-state index contributed by atoms with van der Waals surface area (Å²) in [7, 11) is 0. The molecule has 1 saturated heterocycles. The van der Waals surface area contributed by atoms with Gasteiger partial charge in [-0.05, 0) is 13.3 Å². The first kappa shape index (κ1) is 8.75. The number of rotatable bonds is 1. The second-order valence-electron chi connectivity index (χ2n) is 3.95. The van der Waals surface area contributed by atoms with Crippen LogP contribution in [0.25, 0.3) is 0 Å². The first-order chi connectivity index (χ1) is 6.27. The van der Waals surface area contributed by atoms with Crippen molar-refractivity contribution in [2.24, 2.45) is 5.92 Å².